The van der Waals surface area contributed by atoms with E-state index in [4.69, 9.17) is 5.73 Å². The van der Waals surface area contributed by atoms with Gasteiger partial charge in [0.15, 0.2) is 5.13 Å². The summed E-state index contributed by atoms with van der Waals surface area (Å²) in [6.45, 7) is 2.41. The maximum atomic E-state index is 12.6. The van der Waals surface area contributed by atoms with Crippen molar-refractivity contribution in [3.8, 4) is 0 Å². The van der Waals surface area contributed by atoms with Crippen LogP contribution in [0.1, 0.15) is 20.9 Å². The molecule has 0 fully saturated rings. The quantitative estimate of drug-likeness (QED) is 0.791. The number of carbonyl (C=O) groups is 1. The van der Waals surface area contributed by atoms with Gasteiger partial charge in [-0.2, -0.15) is 0 Å². The highest BCUT2D eigenvalue weighted by atomic mass is 32.2. The number of anilines is 1. The molecule has 0 atom stereocenters. The Bertz CT molecular complexity index is 641. The third-order valence-corrected chi connectivity index (χ3v) is 4.92. The minimum absolute atomic E-state index is 0.0814. The number of aryl methyl sites for hydroxylation is 1. The number of hydrogen-bond acceptors (Lipinski definition) is 6. The number of thiazole rings is 1. The third kappa shape index (κ3) is 4.00. The summed E-state index contributed by atoms with van der Waals surface area (Å²) in [5.41, 5.74) is 7.32. The number of aliphatic hydroxyl groups is 1. The highest BCUT2D eigenvalue weighted by molar-refractivity contribution is 7.98. The number of amides is 1. The summed E-state index contributed by atoms with van der Waals surface area (Å²) in [7, 11) is 0. The fourth-order valence-corrected chi connectivity index (χ4v) is 3.29. The van der Waals surface area contributed by atoms with Crippen molar-refractivity contribution in [2.75, 3.05) is 25.1 Å². The van der Waals surface area contributed by atoms with Crippen LogP contribution in [-0.4, -0.2) is 40.3 Å². The monoisotopic (exact) mass is 337 g/mol. The van der Waals surface area contributed by atoms with E-state index in [1.165, 1.54) is 16.2 Å². The predicted octanol–water partition coefficient (Wildman–Crippen LogP) is 2.39. The molecule has 0 spiro atoms. The second-order valence-electron chi connectivity index (χ2n) is 4.77. The van der Waals surface area contributed by atoms with Gasteiger partial charge < -0.3 is 15.7 Å². The zero-order valence-corrected chi connectivity index (χ0v) is 14.2. The Morgan fingerprint density at radius 3 is 2.59 bits per heavy atom. The molecule has 0 unspecified atom stereocenters. The Morgan fingerprint density at radius 2 is 2.09 bits per heavy atom. The van der Waals surface area contributed by atoms with Crippen LogP contribution in [0.3, 0.4) is 0 Å². The molecule has 1 aromatic heterocycles. The van der Waals surface area contributed by atoms with Gasteiger partial charge in [0.1, 0.15) is 4.88 Å². The molecule has 0 aliphatic heterocycles. The fraction of sp³-hybridized carbons (Fsp3) is 0.333. The average molecular weight is 337 g/mol. The van der Waals surface area contributed by atoms with Crippen LogP contribution in [0.5, 0.6) is 0 Å². The van der Waals surface area contributed by atoms with Gasteiger partial charge in [-0.05, 0) is 30.9 Å². The summed E-state index contributed by atoms with van der Waals surface area (Å²) in [6.07, 6.45) is 2.02. The van der Waals surface area contributed by atoms with Crippen molar-refractivity contribution in [3.63, 3.8) is 0 Å². The number of aliphatic hydroxyl groups excluding tert-OH is 1. The lowest BCUT2D eigenvalue weighted by molar-refractivity contribution is 0.0711. The molecule has 22 heavy (non-hydrogen) atoms. The van der Waals surface area contributed by atoms with E-state index in [-0.39, 0.29) is 19.1 Å². The molecular weight excluding hydrogens is 318 g/mol. The standard InChI is InChI=1S/C15H19N3O2S2/c1-10-13(22-15(16)17-10)14(20)18(7-8-19)9-11-3-5-12(21-2)6-4-11/h3-6,19H,7-9H2,1-2H3,(H2,16,17). The van der Waals surface area contributed by atoms with Gasteiger partial charge in [0.25, 0.3) is 5.91 Å². The molecular formula is C15H19N3O2S2. The first-order valence-corrected chi connectivity index (χ1v) is 8.85. The molecule has 3 N–H and O–H groups in total. The van der Waals surface area contributed by atoms with Crippen LogP contribution < -0.4 is 5.73 Å². The molecule has 2 aromatic rings. The molecule has 1 heterocycles. The van der Waals surface area contributed by atoms with Crippen molar-refractivity contribution in [2.45, 2.75) is 18.4 Å². The average Bonchev–Trinajstić information content (AvgIpc) is 2.85. The van der Waals surface area contributed by atoms with Crippen LogP contribution in [-0.2, 0) is 6.54 Å². The van der Waals surface area contributed by atoms with E-state index in [0.29, 0.717) is 22.2 Å². The van der Waals surface area contributed by atoms with Gasteiger partial charge in [-0.15, -0.1) is 11.8 Å². The summed E-state index contributed by atoms with van der Waals surface area (Å²) in [4.78, 5) is 20.0. The van der Waals surface area contributed by atoms with E-state index in [9.17, 15) is 9.90 Å². The Hall–Kier alpha value is -1.57. The van der Waals surface area contributed by atoms with Crippen LogP contribution in [0.2, 0.25) is 0 Å². The van der Waals surface area contributed by atoms with Crippen molar-refractivity contribution >= 4 is 34.1 Å². The Balaban J connectivity index is 2.18. The van der Waals surface area contributed by atoms with Crippen molar-refractivity contribution in [1.29, 1.82) is 0 Å². The number of nitrogens with zero attached hydrogens (tertiary/aromatic N) is 2. The van der Waals surface area contributed by atoms with E-state index in [1.54, 1.807) is 23.6 Å². The molecule has 0 saturated carbocycles. The Morgan fingerprint density at radius 1 is 1.41 bits per heavy atom. The van der Waals surface area contributed by atoms with Crippen molar-refractivity contribution in [3.05, 3.63) is 40.4 Å². The molecule has 0 radical (unpaired) electrons. The summed E-state index contributed by atoms with van der Waals surface area (Å²) in [6, 6.07) is 8.05. The molecule has 5 nitrogen and oxygen atoms in total. The molecule has 1 aromatic carbocycles. The van der Waals surface area contributed by atoms with Crippen molar-refractivity contribution in [1.82, 2.24) is 9.88 Å². The first kappa shape index (κ1) is 16.8. The second-order valence-corrected chi connectivity index (χ2v) is 6.68. The number of aromatic nitrogens is 1. The third-order valence-electron chi connectivity index (χ3n) is 3.20. The number of carbonyl (C=O) groups excluding carboxylic acids is 1. The summed E-state index contributed by atoms with van der Waals surface area (Å²) < 4.78 is 0. The normalized spacial score (nSPS) is 10.7. The van der Waals surface area contributed by atoms with Crippen molar-refractivity contribution < 1.29 is 9.90 Å². The lowest BCUT2D eigenvalue weighted by Crippen LogP contribution is -2.33. The Kier molecular flexibility index (Phi) is 5.82. The molecule has 1 amide bonds. The van der Waals surface area contributed by atoms with Crippen LogP contribution in [0, 0.1) is 6.92 Å². The van der Waals surface area contributed by atoms with Gasteiger partial charge in [-0.25, -0.2) is 4.98 Å². The maximum absolute atomic E-state index is 12.6. The lowest BCUT2D eigenvalue weighted by atomic mass is 10.2. The fourth-order valence-electron chi connectivity index (χ4n) is 2.08. The molecule has 0 aliphatic carbocycles. The van der Waals surface area contributed by atoms with Gasteiger partial charge in [0.05, 0.1) is 12.3 Å². The summed E-state index contributed by atoms with van der Waals surface area (Å²) >= 11 is 2.86. The van der Waals surface area contributed by atoms with Crippen LogP contribution in [0.4, 0.5) is 5.13 Å². The first-order valence-electron chi connectivity index (χ1n) is 6.81. The number of hydrogen-bond donors (Lipinski definition) is 2. The topological polar surface area (TPSA) is 79.5 Å². The summed E-state index contributed by atoms with van der Waals surface area (Å²) in [5, 5.41) is 9.62. The van der Waals surface area contributed by atoms with Gasteiger partial charge in [-0.1, -0.05) is 23.5 Å². The highest BCUT2D eigenvalue weighted by Crippen LogP contribution is 2.23. The molecule has 0 saturated heterocycles. The van der Waals surface area contributed by atoms with E-state index in [0.717, 1.165) is 5.56 Å². The smallest absolute Gasteiger partial charge is 0.266 e. The first-order chi connectivity index (χ1) is 10.5. The number of benzene rings is 1. The Labute approximate surface area is 138 Å². The predicted molar refractivity (Wildman–Crippen MR) is 91.3 cm³/mol. The van der Waals surface area contributed by atoms with Crippen LogP contribution >= 0.6 is 23.1 Å². The zero-order valence-electron chi connectivity index (χ0n) is 12.6. The largest absolute Gasteiger partial charge is 0.395 e. The summed E-state index contributed by atoms with van der Waals surface area (Å²) in [5.74, 6) is -0.144. The maximum Gasteiger partial charge on any atom is 0.266 e. The SMILES string of the molecule is CSc1ccc(CN(CCO)C(=O)c2sc(N)nc2C)cc1. The number of nitrogen functional groups attached to an aromatic ring is 1. The van der Waals surface area contributed by atoms with Gasteiger partial charge >= 0.3 is 0 Å². The number of rotatable bonds is 6. The molecule has 0 bridgehead atoms. The van der Waals surface area contributed by atoms with Gasteiger partial charge in [0.2, 0.25) is 0 Å². The minimum Gasteiger partial charge on any atom is -0.395 e. The highest BCUT2D eigenvalue weighted by Gasteiger charge is 2.21. The molecule has 0 aliphatic rings. The number of nitrogens with two attached hydrogens (primary N) is 1. The van der Waals surface area contributed by atoms with Crippen LogP contribution in [0.15, 0.2) is 29.2 Å². The van der Waals surface area contributed by atoms with Gasteiger partial charge in [-0.3, -0.25) is 4.79 Å². The van der Waals surface area contributed by atoms with Crippen molar-refractivity contribution in [2.24, 2.45) is 0 Å². The van der Waals surface area contributed by atoms with Gasteiger partial charge in [0, 0.05) is 18.0 Å². The van der Waals surface area contributed by atoms with E-state index in [1.807, 2.05) is 30.5 Å². The van der Waals surface area contributed by atoms with E-state index < -0.39 is 0 Å². The lowest BCUT2D eigenvalue weighted by Gasteiger charge is -2.21. The second kappa shape index (κ2) is 7.62. The molecule has 7 heteroatoms. The van der Waals surface area contributed by atoms with E-state index in [2.05, 4.69) is 4.98 Å². The minimum atomic E-state index is -0.144. The molecule has 118 valence electrons. The van der Waals surface area contributed by atoms with Crippen LogP contribution in [0.25, 0.3) is 0 Å². The molecule has 2 rings (SSSR count). The number of thioether (sulfide) groups is 1. The van der Waals surface area contributed by atoms with E-state index >= 15 is 0 Å². The zero-order chi connectivity index (χ0) is 16.1.